The van der Waals surface area contributed by atoms with E-state index in [-0.39, 0.29) is 0 Å². The lowest BCUT2D eigenvalue weighted by atomic mass is 10.00. The highest BCUT2D eigenvalue weighted by Crippen LogP contribution is 2.20. The van der Waals surface area contributed by atoms with Crippen LogP contribution >= 0.6 is 0 Å². The Morgan fingerprint density at radius 1 is 1.53 bits per heavy atom. The molecule has 1 fully saturated rings. The van der Waals surface area contributed by atoms with Crippen LogP contribution in [-0.4, -0.2) is 29.5 Å². The van der Waals surface area contributed by atoms with Gasteiger partial charge < -0.3 is 5.32 Å². The molecule has 3 nitrogen and oxygen atoms in total. The van der Waals surface area contributed by atoms with E-state index >= 15 is 0 Å². The first kappa shape index (κ1) is 12.4. The third-order valence-corrected chi connectivity index (χ3v) is 3.37. The van der Waals surface area contributed by atoms with Crippen molar-refractivity contribution in [2.75, 3.05) is 25.0 Å². The summed E-state index contributed by atoms with van der Waals surface area (Å²) in [6.07, 6.45) is 4.57. The maximum Gasteiger partial charge on any atom is 0.130 e. The Balaban J connectivity index is 2.01. The normalized spacial score (nSPS) is 21.4. The van der Waals surface area contributed by atoms with Crippen molar-refractivity contribution in [3.05, 3.63) is 23.9 Å². The standard InChI is InChI=1S/C14H23N3/c1-3-15-14-13(7-4-8-16-14)11-17-9-5-6-12(2)10-17/h4,7-8,12H,3,5-6,9-11H2,1-2H3,(H,15,16). The molecule has 3 heteroatoms. The van der Waals surface area contributed by atoms with Gasteiger partial charge in [-0.25, -0.2) is 4.98 Å². The van der Waals surface area contributed by atoms with Gasteiger partial charge >= 0.3 is 0 Å². The second kappa shape index (κ2) is 6.01. The number of anilines is 1. The Morgan fingerprint density at radius 3 is 3.18 bits per heavy atom. The SMILES string of the molecule is CCNc1ncccc1CN1CCCC(C)C1. The van der Waals surface area contributed by atoms with Crippen molar-refractivity contribution in [1.29, 1.82) is 0 Å². The van der Waals surface area contributed by atoms with Crippen molar-refractivity contribution in [1.82, 2.24) is 9.88 Å². The molecule has 1 aliphatic rings. The molecule has 2 heterocycles. The average molecular weight is 233 g/mol. The minimum atomic E-state index is 0.836. The van der Waals surface area contributed by atoms with E-state index in [1.54, 1.807) is 0 Å². The molecule has 0 aliphatic carbocycles. The van der Waals surface area contributed by atoms with Crippen molar-refractivity contribution in [2.24, 2.45) is 5.92 Å². The molecule has 0 spiro atoms. The van der Waals surface area contributed by atoms with E-state index in [0.717, 1.165) is 24.8 Å². The van der Waals surface area contributed by atoms with E-state index < -0.39 is 0 Å². The van der Waals surface area contributed by atoms with Crippen molar-refractivity contribution in [3.8, 4) is 0 Å². The van der Waals surface area contributed by atoms with Crippen LogP contribution in [-0.2, 0) is 6.54 Å². The van der Waals surface area contributed by atoms with Gasteiger partial charge in [0.15, 0.2) is 0 Å². The van der Waals surface area contributed by atoms with Gasteiger partial charge in [0.25, 0.3) is 0 Å². The van der Waals surface area contributed by atoms with Gasteiger partial charge in [0, 0.05) is 31.4 Å². The first-order chi connectivity index (χ1) is 8.29. The summed E-state index contributed by atoms with van der Waals surface area (Å²) in [5, 5.41) is 3.34. The number of nitrogens with zero attached hydrogens (tertiary/aromatic N) is 2. The molecule has 1 atom stereocenters. The summed E-state index contributed by atoms with van der Waals surface area (Å²) < 4.78 is 0. The number of rotatable bonds is 4. The summed E-state index contributed by atoms with van der Waals surface area (Å²) in [6.45, 7) is 8.87. The fourth-order valence-corrected chi connectivity index (χ4v) is 2.56. The van der Waals surface area contributed by atoms with Gasteiger partial charge in [-0.3, -0.25) is 4.90 Å². The molecule has 1 saturated heterocycles. The van der Waals surface area contributed by atoms with E-state index in [0.29, 0.717) is 0 Å². The molecule has 94 valence electrons. The number of nitrogens with one attached hydrogen (secondary N) is 1. The highest BCUT2D eigenvalue weighted by molar-refractivity contribution is 5.43. The quantitative estimate of drug-likeness (QED) is 0.866. The summed E-state index contributed by atoms with van der Waals surface area (Å²) in [7, 11) is 0. The number of aromatic nitrogens is 1. The average Bonchev–Trinajstić information content (AvgIpc) is 2.32. The van der Waals surface area contributed by atoms with E-state index in [1.165, 1.54) is 31.5 Å². The van der Waals surface area contributed by atoms with Crippen molar-refractivity contribution in [3.63, 3.8) is 0 Å². The molecule has 1 aliphatic heterocycles. The molecule has 0 saturated carbocycles. The minimum absolute atomic E-state index is 0.836. The number of hydrogen-bond donors (Lipinski definition) is 1. The zero-order valence-corrected chi connectivity index (χ0v) is 10.9. The van der Waals surface area contributed by atoms with Crippen LogP contribution < -0.4 is 5.32 Å². The van der Waals surface area contributed by atoms with Gasteiger partial charge in [0.1, 0.15) is 5.82 Å². The van der Waals surface area contributed by atoms with Crippen LogP contribution in [0.1, 0.15) is 32.3 Å². The Labute approximate surface area is 104 Å². The molecule has 1 aromatic heterocycles. The first-order valence-corrected chi connectivity index (χ1v) is 6.69. The Morgan fingerprint density at radius 2 is 2.41 bits per heavy atom. The maximum absolute atomic E-state index is 4.42. The molecule has 0 aromatic carbocycles. The Kier molecular flexibility index (Phi) is 4.37. The molecular formula is C14H23N3. The molecule has 17 heavy (non-hydrogen) atoms. The topological polar surface area (TPSA) is 28.2 Å². The number of piperidine rings is 1. The van der Waals surface area contributed by atoms with Gasteiger partial charge in [-0.1, -0.05) is 13.0 Å². The van der Waals surface area contributed by atoms with Crippen molar-refractivity contribution < 1.29 is 0 Å². The largest absolute Gasteiger partial charge is 0.370 e. The molecule has 0 radical (unpaired) electrons. The second-order valence-corrected chi connectivity index (χ2v) is 5.02. The van der Waals surface area contributed by atoms with E-state index in [9.17, 15) is 0 Å². The smallest absolute Gasteiger partial charge is 0.130 e. The van der Waals surface area contributed by atoms with Crippen LogP contribution in [0.4, 0.5) is 5.82 Å². The molecule has 1 N–H and O–H groups in total. The summed E-state index contributed by atoms with van der Waals surface area (Å²) in [5.74, 6) is 1.89. The predicted molar refractivity (Wildman–Crippen MR) is 72.1 cm³/mol. The van der Waals surface area contributed by atoms with Gasteiger partial charge in [0.2, 0.25) is 0 Å². The summed E-state index contributed by atoms with van der Waals surface area (Å²) >= 11 is 0. The van der Waals surface area contributed by atoms with Crippen LogP contribution in [0.15, 0.2) is 18.3 Å². The lowest BCUT2D eigenvalue weighted by molar-refractivity contribution is 0.177. The zero-order valence-electron chi connectivity index (χ0n) is 10.9. The lowest BCUT2D eigenvalue weighted by Gasteiger charge is -2.31. The fraction of sp³-hybridized carbons (Fsp3) is 0.643. The first-order valence-electron chi connectivity index (χ1n) is 6.69. The van der Waals surface area contributed by atoms with Gasteiger partial charge in [-0.05, 0) is 38.3 Å². The van der Waals surface area contributed by atoms with Crippen LogP contribution in [0, 0.1) is 5.92 Å². The summed E-state index contributed by atoms with van der Waals surface area (Å²) in [6, 6.07) is 4.22. The van der Waals surface area contributed by atoms with Crippen LogP contribution in [0.3, 0.4) is 0 Å². The van der Waals surface area contributed by atoms with Gasteiger partial charge in [-0.15, -0.1) is 0 Å². The number of hydrogen-bond acceptors (Lipinski definition) is 3. The third-order valence-electron chi connectivity index (χ3n) is 3.37. The molecule has 2 rings (SSSR count). The second-order valence-electron chi connectivity index (χ2n) is 5.02. The Hall–Kier alpha value is -1.09. The van der Waals surface area contributed by atoms with Gasteiger partial charge in [-0.2, -0.15) is 0 Å². The predicted octanol–water partition coefficient (Wildman–Crippen LogP) is 2.75. The molecule has 0 bridgehead atoms. The molecule has 1 aromatic rings. The zero-order chi connectivity index (χ0) is 12.1. The van der Waals surface area contributed by atoms with E-state index in [1.807, 2.05) is 12.3 Å². The van der Waals surface area contributed by atoms with Crippen LogP contribution in [0.5, 0.6) is 0 Å². The monoisotopic (exact) mass is 233 g/mol. The Bertz CT molecular complexity index is 351. The van der Waals surface area contributed by atoms with Crippen LogP contribution in [0.25, 0.3) is 0 Å². The van der Waals surface area contributed by atoms with Gasteiger partial charge in [0.05, 0.1) is 0 Å². The summed E-state index contributed by atoms with van der Waals surface area (Å²) in [5.41, 5.74) is 1.32. The van der Waals surface area contributed by atoms with Crippen molar-refractivity contribution in [2.45, 2.75) is 33.2 Å². The van der Waals surface area contributed by atoms with Crippen LogP contribution in [0.2, 0.25) is 0 Å². The summed E-state index contributed by atoms with van der Waals surface area (Å²) in [4.78, 5) is 6.96. The fourth-order valence-electron chi connectivity index (χ4n) is 2.56. The van der Waals surface area contributed by atoms with Crippen molar-refractivity contribution >= 4 is 5.82 Å². The molecule has 1 unspecified atom stereocenters. The molecular weight excluding hydrogens is 210 g/mol. The molecule has 0 amide bonds. The van der Waals surface area contributed by atoms with E-state index in [2.05, 4.69) is 35.1 Å². The number of pyridine rings is 1. The maximum atomic E-state index is 4.42. The third kappa shape index (κ3) is 3.43. The number of likely N-dealkylation sites (tertiary alicyclic amines) is 1. The highest BCUT2D eigenvalue weighted by Gasteiger charge is 2.17. The minimum Gasteiger partial charge on any atom is -0.370 e. The lowest BCUT2D eigenvalue weighted by Crippen LogP contribution is -2.34. The van der Waals surface area contributed by atoms with E-state index in [4.69, 9.17) is 0 Å². The highest BCUT2D eigenvalue weighted by atomic mass is 15.1.